The van der Waals surface area contributed by atoms with Crippen molar-refractivity contribution < 1.29 is 14.3 Å². The van der Waals surface area contributed by atoms with Crippen LogP contribution in [-0.4, -0.2) is 24.6 Å². The summed E-state index contributed by atoms with van der Waals surface area (Å²) in [4.78, 5) is 18.1. The molecule has 0 aliphatic rings. The van der Waals surface area contributed by atoms with E-state index in [2.05, 4.69) is 16.4 Å². The standard InChI is InChI=1S/C23H26N2O3S/c1-13-7-8-14(2)22(16(13)4)28-12-20(26)24-23-25-21(17(5)29-23)18-9-10-19(27-6)15(3)11-18/h7-11H,12H2,1-6H3,(H,24,25,26). The molecule has 1 heterocycles. The van der Waals surface area contributed by atoms with Gasteiger partial charge in [0.2, 0.25) is 0 Å². The molecule has 0 spiro atoms. The van der Waals surface area contributed by atoms with Crippen molar-refractivity contribution in [3.05, 3.63) is 57.5 Å². The molecule has 0 aliphatic carbocycles. The van der Waals surface area contributed by atoms with Crippen LogP contribution in [0.2, 0.25) is 0 Å². The van der Waals surface area contributed by atoms with Crippen LogP contribution in [0.1, 0.15) is 27.1 Å². The van der Waals surface area contributed by atoms with E-state index < -0.39 is 0 Å². The summed E-state index contributed by atoms with van der Waals surface area (Å²) in [6, 6.07) is 10.0. The molecule has 0 unspecified atom stereocenters. The minimum absolute atomic E-state index is 0.0548. The van der Waals surface area contributed by atoms with E-state index in [4.69, 9.17) is 9.47 Å². The fourth-order valence-corrected chi connectivity index (χ4v) is 4.04. The van der Waals surface area contributed by atoms with Gasteiger partial charge in [-0.25, -0.2) is 4.98 Å². The smallest absolute Gasteiger partial charge is 0.264 e. The van der Waals surface area contributed by atoms with E-state index in [0.717, 1.165) is 49.9 Å². The minimum Gasteiger partial charge on any atom is -0.496 e. The number of anilines is 1. The molecule has 3 rings (SSSR count). The average Bonchev–Trinajstić information content (AvgIpc) is 3.04. The molecule has 1 aromatic heterocycles. The van der Waals surface area contributed by atoms with Crippen molar-refractivity contribution in [2.45, 2.75) is 34.6 Å². The van der Waals surface area contributed by atoms with Gasteiger partial charge in [-0.05, 0) is 75.1 Å². The van der Waals surface area contributed by atoms with Crippen LogP contribution in [-0.2, 0) is 4.79 Å². The van der Waals surface area contributed by atoms with Gasteiger partial charge in [0.15, 0.2) is 11.7 Å². The zero-order valence-corrected chi connectivity index (χ0v) is 18.5. The zero-order chi connectivity index (χ0) is 21.1. The van der Waals surface area contributed by atoms with Crippen LogP contribution < -0.4 is 14.8 Å². The lowest BCUT2D eigenvalue weighted by molar-refractivity contribution is -0.118. The Morgan fingerprint density at radius 3 is 2.45 bits per heavy atom. The normalized spacial score (nSPS) is 10.7. The van der Waals surface area contributed by atoms with Crippen LogP contribution in [0.5, 0.6) is 11.5 Å². The van der Waals surface area contributed by atoms with Crippen molar-refractivity contribution in [1.82, 2.24) is 4.98 Å². The molecule has 0 fully saturated rings. The topological polar surface area (TPSA) is 60.5 Å². The second-order valence-electron chi connectivity index (χ2n) is 7.10. The first-order valence-electron chi connectivity index (χ1n) is 9.42. The number of carbonyl (C=O) groups is 1. The number of aromatic nitrogens is 1. The van der Waals surface area contributed by atoms with Gasteiger partial charge in [0.25, 0.3) is 5.91 Å². The first-order valence-corrected chi connectivity index (χ1v) is 10.2. The lowest BCUT2D eigenvalue weighted by Gasteiger charge is -2.13. The second kappa shape index (κ2) is 8.66. The van der Waals surface area contributed by atoms with Crippen LogP contribution in [0.4, 0.5) is 5.13 Å². The highest BCUT2D eigenvalue weighted by Crippen LogP contribution is 2.33. The number of ether oxygens (including phenoxy) is 2. The molecule has 3 aromatic rings. The fraction of sp³-hybridized carbons (Fsp3) is 0.304. The molecule has 5 nitrogen and oxygen atoms in total. The Labute approximate surface area is 175 Å². The molecule has 0 aliphatic heterocycles. The highest BCUT2D eigenvalue weighted by atomic mass is 32.1. The van der Waals surface area contributed by atoms with Crippen molar-refractivity contribution in [2.75, 3.05) is 19.0 Å². The van der Waals surface area contributed by atoms with Gasteiger partial charge in [0.1, 0.15) is 11.5 Å². The van der Waals surface area contributed by atoms with Crippen molar-refractivity contribution in [1.29, 1.82) is 0 Å². The third kappa shape index (κ3) is 4.59. The summed E-state index contributed by atoms with van der Waals surface area (Å²) < 4.78 is 11.1. The predicted molar refractivity (Wildman–Crippen MR) is 118 cm³/mol. The van der Waals surface area contributed by atoms with E-state index in [9.17, 15) is 4.79 Å². The summed E-state index contributed by atoms with van der Waals surface area (Å²) in [5, 5.41) is 3.42. The number of hydrogen-bond acceptors (Lipinski definition) is 5. The van der Waals surface area contributed by atoms with E-state index >= 15 is 0 Å². The van der Waals surface area contributed by atoms with Crippen molar-refractivity contribution >= 4 is 22.4 Å². The molecule has 29 heavy (non-hydrogen) atoms. The number of nitrogens with one attached hydrogen (secondary N) is 1. The Bertz CT molecular complexity index is 1060. The number of nitrogens with zero attached hydrogens (tertiary/aromatic N) is 1. The van der Waals surface area contributed by atoms with Crippen LogP contribution in [0.3, 0.4) is 0 Å². The third-order valence-corrected chi connectivity index (χ3v) is 5.82. The Hall–Kier alpha value is -2.86. The van der Waals surface area contributed by atoms with Crippen LogP contribution in [0, 0.1) is 34.6 Å². The summed E-state index contributed by atoms with van der Waals surface area (Å²) in [6.45, 7) is 9.95. The maximum absolute atomic E-state index is 12.4. The number of amides is 1. The highest BCUT2D eigenvalue weighted by Gasteiger charge is 2.14. The molecule has 0 saturated carbocycles. The summed E-state index contributed by atoms with van der Waals surface area (Å²) in [6.07, 6.45) is 0. The quantitative estimate of drug-likeness (QED) is 0.593. The number of rotatable bonds is 6. The minimum atomic E-state index is -0.225. The molecule has 2 aromatic carbocycles. The summed E-state index contributed by atoms with van der Waals surface area (Å²) in [5.74, 6) is 1.38. The molecule has 0 atom stereocenters. The number of carbonyl (C=O) groups excluding carboxylic acids is 1. The van der Waals surface area contributed by atoms with Gasteiger partial charge in [-0.3, -0.25) is 10.1 Å². The van der Waals surface area contributed by atoms with E-state index in [1.54, 1.807) is 7.11 Å². The lowest BCUT2D eigenvalue weighted by Crippen LogP contribution is -2.20. The van der Waals surface area contributed by atoms with Gasteiger partial charge in [-0.1, -0.05) is 12.1 Å². The van der Waals surface area contributed by atoms with Crippen molar-refractivity contribution in [2.24, 2.45) is 0 Å². The summed E-state index contributed by atoms with van der Waals surface area (Å²) in [5.41, 5.74) is 6.12. The Morgan fingerprint density at radius 1 is 1.03 bits per heavy atom. The van der Waals surface area contributed by atoms with Crippen molar-refractivity contribution in [3.63, 3.8) is 0 Å². The molecular weight excluding hydrogens is 384 g/mol. The van der Waals surface area contributed by atoms with Crippen LogP contribution in [0.15, 0.2) is 30.3 Å². The number of thiazole rings is 1. The second-order valence-corrected chi connectivity index (χ2v) is 8.30. The fourth-order valence-electron chi connectivity index (χ4n) is 3.18. The van der Waals surface area contributed by atoms with Gasteiger partial charge < -0.3 is 9.47 Å². The third-order valence-electron chi connectivity index (χ3n) is 4.93. The number of benzene rings is 2. The Morgan fingerprint density at radius 2 is 1.76 bits per heavy atom. The van der Waals surface area contributed by atoms with Crippen LogP contribution in [0.25, 0.3) is 11.3 Å². The SMILES string of the molecule is COc1ccc(-c2nc(NC(=O)COc3c(C)ccc(C)c3C)sc2C)cc1C. The average molecular weight is 411 g/mol. The predicted octanol–water partition coefficient (Wildman–Crippen LogP) is 5.38. The van der Waals surface area contributed by atoms with Gasteiger partial charge in [-0.15, -0.1) is 11.3 Å². The van der Waals surface area contributed by atoms with E-state index in [-0.39, 0.29) is 12.5 Å². The lowest BCUT2D eigenvalue weighted by atomic mass is 10.1. The summed E-state index contributed by atoms with van der Waals surface area (Å²) in [7, 11) is 1.66. The van der Waals surface area contributed by atoms with E-state index in [1.807, 2.05) is 58.9 Å². The maximum atomic E-state index is 12.4. The van der Waals surface area contributed by atoms with Crippen molar-refractivity contribution in [3.8, 4) is 22.8 Å². The number of methoxy groups -OCH3 is 1. The van der Waals surface area contributed by atoms with Gasteiger partial charge in [0, 0.05) is 10.4 Å². The molecule has 0 radical (unpaired) electrons. The molecule has 0 saturated heterocycles. The first-order chi connectivity index (χ1) is 13.8. The van der Waals surface area contributed by atoms with E-state index in [0.29, 0.717) is 5.13 Å². The largest absolute Gasteiger partial charge is 0.496 e. The zero-order valence-electron chi connectivity index (χ0n) is 17.7. The van der Waals surface area contributed by atoms with E-state index in [1.165, 1.54) is 11.3 Å². The monoisotopic (exact) mass is 410 g/mol. The molecule has 0 bridgehead atoms. The first kappa shape index (κ1) is 20.9. The van der Waals surface area contributed by atoms with Gasteiger partial charge >= 0.3 is 0 Å². The molecule has 152 valence electrons. The molecular formula is C23H26N2O3S. The number of hydrogen-bond donors (Lipinski definition) is 1. The molecule has 1 N–H and O–H groups in total. The van der Waals surface area contributed by atoms with Gasteiger partial charge in [0.05, 0.1) is 12.8 Å². The Balaban J connectivity index is 1.70. The highest BCUT2D eigenvalue weighted by molar-refractivity contribution is 7.16. The molecule has 1 amide bonds. The molecule has 6 heteroatoms. The Kier molecular flexibility index (Phi) is 6.23. The maximum Gasteiger partial charge on any atom is 0.264 e. The van der Waals surface area contributed by atoms with Crippen LogP contribution >= 0.6 is 11.3 Å². The summed E-state index contributed by atoms with van der Waals surface area (Å²) >= 11 is 1.45. The van der Waals surface area contributed by atoms with Gasteiger partial charge in [-0.2, -0.15) is 0 Å². The number of aryl methyl sites for hydroxylation is 4.